The van der Waals surface area contributed by atoms with Crippen molar-refractivity contribution in [2.45, 2.75) is 187 Å². The molecule has 0 amide bonds. The van der Waals surface area contributed by atoms with E-state index < -0.39 is 6.10 Å². The maximum absolute atomic E-state index is 12.3. The number of rotatable bonds is 43. The molecule has 0 bridgehead atoms. The van der Waals surface area contributed by atoms with Crippen molar-refractivity contribution in [3.63, 3.8) is 0 Å². The summed E-state index contributed by atoms with van der Waals surface area (Å²) < 4.78 is 10.6. The number of aliphatic hydroxyl groups is 1. The molecule has 1 atom stereocenters. The van der Waals surface area contributed by atoms with Crippen molar-refractivity contribution in [2.24, 2.45) is 0 Å². The molecule has 1 unspecified atom stereocenters. The van der Waals surface area contributed by atoms with Crippen molar-refractivity contribution in [1.82, 2.24) is 0 Å². The fraction of sp³-hybridized carbons (Fsp3) is 0.525. The molecule has 0 saturated heterocycles. The van der Waals surface area contributed by atoms with E-state index in [-0.39, 0.29) is 25.2 Å². The van der Waals surface area contributed by atoms with Crippen molar-refractivity contribution in [3.8, 4) is 0 Å². The van der Waals surface area contributed by atoms with Gasteiger partial charge in [-0.1, -0.05) is 210 Å². The molecule has 64 heavy (non-hydrogen) atoms. The first-order valence-corrected chi connectivity index (χ1v) is 25.0. The molecular weight excluding hydrogens is 789 g/mol. The summed E-state index contributed by atoms with van der Waals surface area (Å²) >= 11 is 0. The third-order valence-corrected chi connectivity index (χ3v) is 9.82. The van der Waals surface area contributed by atoms with Gasteiger partial charge in [0.1, 0.15) is 6.61 Å². The first kappa shape index (κ1) is 59.5. The van der Waals surface area contributed by atoms with Crippen LogP contribution in [0, 0.1) is 0 Å². The van der Waals surface area contributed by atoms with Gasteiger partial charge in [0.25, 0.3) is 0 Å². The van der Waals surface area contributed by atoms with Crippen molar-refractivity contribution in [3.05, 3.63) is 158 Å². The van der Waals surface area contributed by atoms with Gasteiger partial charge in [-0.3, -0.25) is 9.59 Å². The Kier molecular flexibility index (Phi) is 49.2. The average Bonchev–Trinajstić information content (AvgIpc) is 3.30. The van der Waals surface area contributed by atoms with Gasteiger partial charge < -0.3 is 14.6 Å². The summed E-state index contributed by atoms with van der Waals surface area (Å²) in [5.41, 5.74) is 0. The van der Waals surface area contributed by atoms with Crippen molar-refractivity contribution >= 4 is 11.9 Å². The van der Waals surface area contributed by atoms with Crippen molar-refractivity contribution in [1.29, 1.82) is 0 Å². The van der Waals surface area contributed by atoms with E-state index in [2.05, 4.69) is 172 Å². The highest BCUT2D eigenvalue weighted by molar-refractivity contribution is 5.70. The van der Waals surface area contributed by atoms with E-state index in [4.69, 9.17) is 9.47 Å². The van der Waals surface area contributed by atoms with Crippen LogP contribution in [0.15, 0.2) is 158 Å². The van der Waals surface area contributed by atoms with Gasteiger partial charge in [-0.05, 0) is 116 Å². The summed E-state index contributed by atoms with van der Waals surface area (Å²) in [6, 6.07) is 0. The standard InChI is InChI=1S/C59H90O5/c1-3-5-7-9-11-13-15-17-19-21-22-23-24-25-26-27-28-29-30-31-32-33-34-35-36-38-40-42-44-46-48-50-52-54-59(62)64-57(55-60)56-63-58(61)53-51-49-47-45-43-41-39-37-20-18-16-14-12-10-8-6-4-2/h5-8,11-14,17-20,22-23,25-26,28-29,31-32,34-35,39,41,45,47,57,60H,3-4,9-10,15-16,21,24,27,30,33,36-38,40,42-44,46,48-56H2,1-2H3/b7-5-,8-6-,13-11-,14-12-,19-17-,20-18-,23-22-,26-25-,29-28-,32-31-,35-34-,41-39-,47-45-. The lowest BCUT2D eigenvalue weighted by atomic mass is 10.1. The Balaban J connectivity index is 3.68. The van der Waals surface area contributed by atoms with Gasteiger partial charge in [-0.15, -0.1) is 0 Å². The average molecular weight is 879 g/mol. The molecule has 0 saturated carbocycles. The first-order valence-electron chi connectivity index (χ1n) is 25.0. The smallest absolute Gasteiger partial charge is 0.306 e. The van der Waals surface area contributed by atoms with Gasteiger partial charge in [-0.2, -0.15) is 0 Å². The maximum Gasteiger partial charge on any atom is 0.306 e. The van der Waals surface area contributed by atoms with E-state index in [0.717, 1.165) is 116 Å². The Morgan fingerprint density at radius 3 is 0.984 bits per heavy atom. The molecule has 0 aliphatic heterocycles. The Morgan fingerprint density at radius 1 is 0.359 bits per heavy atom. The Bertz CT molecular complexity index is 1460. The number of aliphatic hydroxyl groups excluding tert-OH is 1. The van der Waals surface area contributed by atoms with E-state index >= 15 is 0 Å². The molecule has 0 radical (unpaired) electrons. The minimum Gasteiger partial charge on any atom is -0.462 e. The highest BCUT2D eigenvalue weighted by Crippen LogP contribution is 2.12. The number of carbonyl (C=O) groups is 2. The number of unbranched alkanes of at least 4 members (excludes halogenated alkanes) is 9. The third kappa shape index (κ3) is 50.2. The van der Waals surface area contributed by atoms with E-state index in [9.17, 15) is 14.7 Å². The van der Waals surface area contributed by atoms with Gasteiger partial charge in [0.2, 0.25) is 0 Å². The molecule has 0 aromatic rings. The van der Waals surface area contributed by atoms with Crippen LogP contribution in [0.5, 0.6) is 0 Å². The van der Waals surface area contributed by atoms with Crippen LogP contribution in [0.4, 0.5) is 0 Å². The van der Waals surface area contributed by atoms with Crippen LogP contribution in [0.2, 0.25) is 0 Å². The van der Waals surface area contributed by atoms with Crippen LogP contribution in [0.3, 0.4) is 0 Å². The minimum atomic E-state index is -0.812. The molecule has 5 heteroatoms. The molecule has 5 nitrogen and oxygen atoms in total. The molecule has 0 rings (SSSR count). The van der Waals surface area contributed by atoms with Gasteiger partial charge in [0.15, 0.2) is 6.10 Å². The third-order valence-electron chi connectivity index (χ3n) is 9.82. The summed E-state index contributed by atoms with van der Waals surface area (Å²) in [5.74, 6) is -0.684. The Labute approximate surface area is 392 Å². The van der Waals surface area contributed by atoms with Crippen LogP contribution in [0.1, 0.15) is 181 Å². The van der Waals surface area contributed by atoms with Crippen LogP contribution in [-0.2, 0) is 19.1 Å². The highest BCUT2D eigenvalue weighted by atomic mass is 16.6. The molecule has 0 aliphatic rings. The zero-order valence-corrected chi connectivity index (χ0v) is 40.5. The number of hydrogen-bond acceptors (Lipinski definition) is 5. The van der Waals surface area contributed by atoms with E-state index in [1.807, 2.05) is 0 Å². The van der Waals surface area contributed by atoms with Crippen LogP contribution >= 0.6 is 0 Å². The Hall–Kier alpha value is -4.48. The zero-order chi connectivity index (χ0) is 46.3. The second-order valence-electron chi connectivity index (χ2n) is 15.8. The fourth-order valence-electron chi connectivity index (χ4n) is 6.13. The highest BCUT2D eigenvalue weighted by Gasteiger charge is 2.16. The normalized spacial score (nSPS) is 13.6. The Morgan fingerprint density at radius 2 is 0.641 bits per heavy atom. The van der Waals surface area contributed by atoms with Gasteiger partial charge in [-0.25, -0.2) is 0 Å². The van der Waals surface area contributed by atoms with Crippen LogP contribution < -0.4 is 0 Å². The van der Waals surface area contributed by atoms with E-state index in [1.54, 1.807) is 0 Å². The molecule has 0 aromatic carbocycles. The summed E-state index contributed by atoms with van der Waals surface area (Å²) in [5, 5.41) is 9.61. The summed E-state index contributed by atoms with van der Waals surface area (Å²) in [7, 11) is 0. The second kappa shape index (κ2) is 52.9. The van der Waals surface area contributed by atoms with Crippen LogP contribution in [0.25, 0.3) is 0 Å². The van der Waals surface area contributed by atoms with Crippen molar-refractivity contribution in [2.75, 3.05) is 13.2 Å². The van der Waals surface area contributed by atoms with E-state index in [1.165, 1.54) is 32.1 Å². The lowest BCUT2D eigenvalue weighted by Crippen LogP contribution is -2.28. The van der Waals surface area contributed by atoms with E-state index in [0.29, 0.717) is 19.3 Å². The van der Waals surface area contributed by atoms with Gasteiger partial charge in [0, 0.05) is 12.8 Å². The topological polar surface area (TPSA) is 72.8 Å². The molecule has 0 spiro atoms. The molecule has 356 valence electrons. The quantitative estimate of drug-likeness (QED) is 0.0375. The molecule has 0 aliphatic carbocycles. The predicted octanol–water partition coefficient (Wildman–Crippen LogP) is 16.8. The van der Waals surface area contributed by atoms with Crippen LogP contribution in [-0.4, -0.2) is 36.4 Å². The molecule has 1 N–H and O–H groups in total. The minimum absolute atomic E-state index is 0.110. The van der Waals surface area contributed by atoms with Gasteiger partial charge >= 0.3 is 11.9 Å². The molecule has 0 fully saturated rings. The zero-order valence-electron chi connectivity index (χ0n) is 40.5. The first-order chi connectivity index (χ1) is 31.6. The summed E-state index contributed by atoms with van der Waals surface area (Å²) in [6.45, 7) is 3.83. The second-order valence-corrected chi connectivity index (χ2v) is 15.8. The summed E-state index contributed by atoms with van der Waals surface area (Å²) in [4.78, 5) is 24.4. The van der Waals surface area contributed by atoms with Crippen molar-refractivity contribution < 1.29 is 24.2 Å². The lowest BCUT2D eigenvalue weighted by molar-refractivity contribution is -0.161. The monoisotopic (exact) mass is 879 g/mol. The number of hydrogen-bond donors (Lipinski definition) is 1. The fourth-order valence-corrected chi connectivity index (χ4v) is 6.13. The maximum atomic E-state index is 12.3. The molecule has 0 aromatic heterocycles. The summed E-state index contributed by atoms with van der Waals surface area (Å²) in [6.07, 6.45) is 81.9. The SMILES string of the molecule is CC/C=C\C/C=C\C/C=C\C/C=C\C/C=C\C/C=C\C/C=C\C/C=C\CCCCCCCCCCC(=O)OC(CO)COC(=O)CCC/C=C\C/C=C\C/C=C\C/C=C\C/C=C\CC. The molecule has 0 heterocycles. The number of carbonyl (C=O) groups excluding carboxylic acids is 2. The largest absolute Gasteiger partial charge is 0.462 e. The lowest BCUT2D eigenvalue weighted by Gasteiger charge is -2.15. The number of ether oxygens (including phenoxy) is 2. The molecular formula is C59H90O5. The van der Waals surface area contributed by atoms with Gasteiger partial charge in [0.05, 0.1) is 6.61 Å². The number of allylic oxidation sites excluding steroid dienone is 26. The number of esters is 2. The predicted molar refractivity (Wildman–Crippen MR) is 278 cm³/mol.